The molecule has 3 aromatic rings. The number of rotatable bonds is 8. The molecule has 3 aromatic carbocycles. The average Bonchev–Trinajstić information content (AvgIpc) is 3.02. The molecule has 36 heavy (non-hydrogen) atoms. The zero-order valence-corrected chi connectivity index (χ0v) is 21.2. The normalized spacial score (nSPS) is 15.0. The first-order valence-electron chi connectivity index (χ1n) is 12.6. The molecule has 4 nitrogen and oxygen atoms in total. The zero-order chi connectivity index (χ0) is 25.7. The molecular formula is C30H34F2N2O2. The van der Waals surface area contributed by atoms with Crippen molar-refractivity contribution >= 4 is 0 Å². The molecular weight excluding hydrogens is 458 g/mol. The largest absolute Gasteiger partial charge is 0.490 e. The maximum Gasteiger partial charge on any atom is 0.224 e. The predicted molar refractivity (Wildman–Crippen MR) is 139 cm³/mol. The molecule has 0 radical (unpaired) electrons. The molecule has 0 amide bonds. The maximum atomic E-state index is 13.6. The molecule has 4 rings (SSSR count). The van der Waals surface area contributed by atoms with Gasteiger partial charge < -0.3 is 4.74 Å². The van der Waals surface area contributed by atoms with Crippen LogP contribution in [0, 0.1) is 11.6 Å². The van der Waals surface area contributed by atoms with Gasteiger partial charge in [-0.25, -0.2) is 8.78 Å². The smallest absolute Gasteiger partial charge is 0.224 e. The van der Waals surface area contributed by atoms with Crippen LogP contribution in [0.15, 0.2) is 71.5 Å². The summed E-state index contributed by atoms with van der Waals surface area (Å²) in [6, 6.07) is 18.8. The second-order valence-electron chi connectivity index (χ2n) is 9.60. The van der Waals surface area contributed by atoms with Crippen molar-refractivity contribution in [3.8, 4) is 5.75 Å². The van der Waals surface area contributed by atoms with Crippen molar-refractivity contribution in [1.29, 1.82) is 0 Å². The topological polar surface area (TPSA) is 32.8 Å². The Bertz CT molecular complexity index is 1160. The Morgan fingerprint density at radius 3 is 1.83 bits per heavy atom. The van der Waals surface area contributed by atoms with Gasteiger partial charge >= 0.3 is 0 Å². The molecule has 1 aliphatic heterocycles. The molecule has 0 unspecified atom stereocenters. The van der Waals surface area contributed by atoms with Crippen LogP contribution in [0.4, 0.5) is 8.78 Å². The number of ether oxygens (including phenoxy) is 1. The van der Waals surface area contributed by atoms with Gasteiger partial charge in [0.15, 0.2) is 5.75 Å². The van der Waals surface area contributed by atoms with Gasteiger partial charge in [-0.05, 0) is 59.9 Å². The molecule has 0 N–H and O–H groups in total. The van der Waals surface area contributed by atoms with Gasteiger partial charge in [-0.3, -0.25) is 14.6 Å². The standard InChI is InChI=1S/C30H34F2N2O2/c1-4-36-28-19-24(21(2)3)5-6-25(30(28)35)20-33-15-17-34(18-16-33)29(22-7-11-26(31)12-8-22)23-9-13-27(32)14-10-23/h5-14,19,21,29H,4,15-18,20H2,1-3H3. The van der Waals surface area contributed by atoms with E-state index in [0.29, 0.717) is 24.8 Å². The van der Waals surface area contributed by atoms with Gasteiger partial charge in [0, 0.05) is 38.3 Å². The Labute approximate surface area is 212 Å². The van der Waals surface area contributed by atoms with Crippen LogP contribution in [0.1, 0.15) is 55.0 Å². The zero-order valence-electron chi connectivity index (χ0n) is 21.2. The van der Waals surface area contributed by atoms with Gasteiger partial charge in [-0.2, -0.15) is 0 Å². The Balaban J connectivity index is 1.53. The van der Waals surface area contributed by atoms with Crippen LogP contribution < -0.4 is 10.2 Å². The molecule has 0 aromatic heterocycles. The molecule has 1 fully saturated rings. The lowest BCUT2D eigenvalue weighted by atomic mass is 9.96. The quantitative estimate of drug-likeness (QED) is 0.401. The highest BCUT2D eigenvalue weighted by molar-refractivity contribution is 5.34. The minimum atomic E-state index is -0.280. The lowest BCUT2D eigenvalue weighted by Crippen LogP contribution is -2.47. The van der Waals surface area contributed by atoms with Crippen molar-refractivity contribution in [2.24, 2.45) is 0 Å². The SMILES string of the molecule is CCOc1cc(C(C)C)ccc(CN2CCN(C(c3ccc(F)cc3)c3ccc(F)cc3)CC2)c1=O. The van der Waals surface area contributed by atoms with E-state index in [1.807, 2.05) is 25.1 Å². The summed E-state index contributed by atoms with van der Waals surface area (Å²) in [5.74, 6) is 0.144. The van der Waals surface area contributed by atoms with Crippen LogP contribution in [0.5, 0.6) is 5.75 Å². The Kier molecular flexibility index (Phi) is 8.49. The third kappa shape index (κ3) is 6.18. The molecule has 1 aliphatic rings. The summed E-state index contributed by atoms with van der Waals surface area (Å²) in [6.45, 7) is 10.2. The van der Waals surface area contributed by atoms with Gasteiger partial charge in [0.1, 0.15) is 11.6 Å². The molecule has 6 heteroatoms. The number of nitrogens with zero attached hydrogens (tertiary/aromatic N) is 2. The Hall–Kier alpha value is -3.09. The van der Waals surface area contributed by atoms with E-state index in [4.69, 9.17) is 4.74 Å². The number of piperazine rings is 1. The lowest BCUT2D eigenvalue weighted by Gasteiger charge is -2.39. The third-order valence-corrected chi connectivity index (χ3v) is 6.79. The molecule has 0 bridgehead atoms. The van der Waals surface area contributed by atoms with Crippen LogP contribution in [-0.2, 0) is 6.54 Å². The van der Waals surface area contributed by atoms with Crippen molar-refractivity contribution in [3.63, 3.8) is 0 Å². The molecule has 0 aliphatic carbocycles. The van der Waals surface area contributed by atoms with Crippen LogP contribution in [0.3, 0.4) is 0 Å². The predicted octanol–water partition coefficient (Wildman–Crippen LogP) is 5.75. The fraction of sp³-hybridized carbons (Fsp3) is 0.367. The summed E-state index contributed by atoms with van der Waals surface area (Å²) in [6.07, 6.45) is 0. The van der Waals surface area contributed by atoms with Crippen molar-refractivity contribution in [2.45, 2.75) is 39.3 Å². The van der Waals surface area contributed by atoms with E-state index in [9.17, 15) is 13.6 Å². The van der Waals surface area contributed by atoms with Crippen LogP contribution >= 0.6 is 0 Å². The number of hydrogen-bond acceptors (Lipinski definition) is 4. The third-order valence-electron chi connectivity index (χ3n) is 6.79. The summed E-state index contributed by atoms with van der Waals surface area (Å²) in [4.78, 5) is 17.8. The van der Waals surface area contributed by atoms with Crippen molar-refractivity contribution in [3.05, 3.63) is 111 Å². The number of benzene rings is 2. The van der Waals surface area contributed by atoms with E-state index in [0.717, 1.165) is 48.4 Å². The van der Waals surface area contributed by atoms with Crippen LogP contribution in [0.25, 0.3) is 0 Å². The van der Waals surface area contributed by atoms with E-state index >= 15 is 0 Å². The van der Waals surface area contributed by atoms with Gasteiger partial charge in [0.05, 0.1) is 12.6 Å². The van der Waals surface area contributed by atoms with Crippen LogP contribution in [0.2, 0.25) is 0 Å². The average molecular weight is 493 g/mol. The first-order valence-corrected chi connectivity index (χ1v) is 12.6. The second kappa shape index (κ2) is 11.8. The molecule has 0 spiro atoms. The van der Waals surface area contributed by atoms with E-state index in [2.05, 4.69) is 23.6 Å². The van der Waals surface area contributed by atoms with Gasteiger partial charge in [0.2, 0.25) is 5.43 Å². The highest BCUT2D eigenvalue weighted by Gasteiger charge is 2.27. The van der Waals surface area contributed by atoms with Crippen LogP contribution in [-0.4, -0.2) is 42.6 Å². The van der Waals surface area contributed by atoms with Crippen molar-refractivity contribution in [2.75, 3.05) is 32.8 Å². The van der Waals surface area contributed by atoms with E-state index in [1.54, 1.807) is 24.3 Å². The summed E-state index contributed by atoms with van der Waals surface area (Å²) < 4.78 is 32.9. The monoisotopic (exact) mass is 492 g/mol. The first kappa shape index (κ1) is 26.0. The van der Waals surface area contributed by atoms with E-state index in [1.165, 1.54) is 24.3 Å². The number of hydrogen-bond donors (Lipinski definition) is 0. The minimum absolute atomic E-state index is 0.0540. The fourth-order valence-electron chi connectivity index (χ4n) is 4.77. The van der Waals surface area contributed by atoms with Gasteiger partial charge in [-0.1, -0.05) is 50.2 Å². The summed E-state index contributed by atoms with van der Waals surface area (Å²) in [5.41, 5.74) is 3.69. The highest BCUT2D eigenvalue weighted by atomic mass is 19.1. The summed E-state index contributed by atoms with van der Waals surface area (Å²) >= 11 is 0. The maximum absolute atomic E-state index is 13.6. The van der Waals surface area contributed by atoms with Gasteiger partial charge in [-0.15, -0.1) is 0 Å². The second-order valence-corrected chi connectivity index (χ2v) is 9.60. The number of halogens is 2. The van der Waals surface area contributed by atoms with Crippen molar-refractivity contribution < 1.29 is 13.5 Å². The lowest BCUT2D eigenvalue weighted by molar-refractivity contribution is 0.104. The Morgan fingerprint density at radius 2 is 1.33 bits per heavy atom. The molecule has 1 saturated heterocycles. The first-order chi connectivity index (χ1) is 17.4. The molecule has 190 valence electrons. The highest BCUT2D eigenvalue weighted by Crippen LogP contribution is 2.30. The van der Waals surface area contributed by atoms with E-state index < -0.39 is 0 Å². The van der Waals surface area contributed by atoms with E-state index in [-0.39, 0.29) is 23.1 Å². The van der Waals surface area contributed by atoms with Gasteiger partial charge in [0.25, 0.3) is 0 Å². The molecule has 0 saturated carbocycles. The fourth-order valence-corrected chi connectivity index (χ4v) is 4.77. The summed E-state index contributed by atoms with van der Waals surface area (Å²) in [5, 5.41) is 0. The summed E-state index contributed by atoms with van der Waals surface area (Å²) in [7, 11) is 0. The minimum Gasteiger partial charge on any atom is -0.490 e. The Morgan fingerprint density at radius 1 is 0.806 bits per heavy atom. The van der Waals surface area contributed by atoms with Crippen molar-refractivity contribution in [1.82, 2.24) is 9.80 Å². The molecule has 1 heterocycles. The molecule has 0 atom stereocenters.